The zero-order chi connectivity index (χ0) is 17.9. The molecule has 2 nitrogen and oxygen atoms in total. The van der Waals surface area contributed by atoms with E-state index >= 15 is 0 Å². The standard InChI is InChI=1S/C20H36O2S2/c1-7-21-19-13-18(16-24(11-5)12-6)20(22-8-2)14-17(19)15-23(9-3)10-4/h13-14H,7-12,15-16H2,1-6H3/q+2. The lowest BCUT2D eigenvalue weighted by Crippen LogP contribution is -2.14. The fourth-order valence-electron chi connectivity index (χ4n) is 2.71. The van der Waals surface area contributed by atoms with Gasteiger partial charge in [0, 0.05) is 11.1 Å². The Labute approximate surface area is 155 Å². The van der Waals surface area contributed by atoms with Crippen LogP contribution in [0.1, 0.15) is 52.7 Å². The SMILES string of the molecule is CCOc1cc(C[S+](CC)CC)c(OCC)cc1C[S+](CC)CC. The molecule has 1 rings (SSSR count). The zero-order valence-electron chi connectivity index (χ0n) is 16.4. The van der Waals surface area contributed by atoms with Crippen molar-refractivity contribution in [1.82, 2.24) is 0 Å². The van der Waals surface area contributed by atoms with Gasteiger partial charge in [-0.1, -0.05) is 0 Å². The van der Waals surface area contributed by atoms with Crippen molar-refractivity contribution in [2.24, 2.45) is 0 Å². The van der Waals surface area contributed by atoms with Crippen LogP contribution in [-0.4, -0.2) is 36.2 Å². The summed E-state index contributed by atoms with van der Waals surface area (Å²) >= 11 is 0. The molecule has 0 bridgehead atoms. The zero-order valence-corrected chi connectivity index (χ0v) is 18.1. The van der Waals surface area contributed by atoms with Crippen molar-refractivity contribution in [3.8, 4) is 11.5 Å². The lowest BCUT2D eigenvalue weighted by Gasteiger charge is -2.17. The predicted octanol–water partition coefficient (Wildman–Crippen LogP) is 4.80. The summed E-state index contributed by atoms with van der Waals surface area (Å²) in [5, 5.41) is 0. The molecule has 24 heavy (non-hydrogen) atoms. The molecule has 0 N–H and O–H groups in total. The monoisotopic (exact) mass is 372 g/mol. The largest absolute Gasteiger partial charge is 0.493 e. The molecule has 138 valence electrons. The summed E-state index contributed by atoms with van der Waals surface area (Å²) in [6.07, 6.45) is 0. The first-order valence-electron chi connectivity index (χ1n) is 9.32. The average molecular weight is 373 g/mol. The maximum absolute atomic E-state index is 6.00. The summed E-state index contributed by atoms with van der Waals surface area (Å²) in [7, 11) is 0.860. The van der Waals surface area contributed by atoms with E-state index in [-0.39, 0.29) is 0 Å². The molecule has 0 fully saturated rings. The van der Waals surface area contributed by atoms with Crippen LogP contribution in [0.15, 0.2) is 12.1 Å². The summed E-state index contributed by atoms with van der Waals surface area (Å²) in [6.45, 7) is 14.7. The van der Waals surface area contributed by atoms with Crippen molar-refractivity contribution >= 4 is 21.8 Å². The van der Waals surface area contributed by atoms with Crippen molar-refractivity contribution in [2.45, 2.75) is 53.0 Å². The molecule has 0 spiro atoms. The fraction of sp³-hybridized carbons (Fsp3) is 0.700. The number of benzene rings is 1. The van der Waals surface area contributed by atoms with Crippen molar-refractivity contribution in [3.63, 3.8) is 0 Å². The second kappa shape index (κ2) is 12.0. The third kappa shape index (κ3) is 6.44. The molecule has 0 amide bonds. The predicted molar refractivity (Wildman–Crippen MR) is 113 cm³/mol. The van der Waals surface area contributed by atoms with Crippen LogP contribution in [0.3, 0.4) is 0 Å². The Balaban J connectivity index is 3.20. The van der Waals surface area contributed by atoms with Crippen LogP contribution in [0, 0.1) is 0 Å². The minimum absolute atomic E-state index is 0.430. The van der Waals surface area contributed by atoms with Crippen LogP contribution in [0.5, 0.6) is 11.5 Å². The first-order valence-corrected chi connectivity index (χ1v) is 12.8. The summed E-state index contributed by atoms with van der Waals surface area (Å²) < 4.78 is 12.0. The molecule has 0 unspecified atom stereocenters. The lowest BCUT2D eigenvalue weighted by molar-refractivity contribution is 0.326. The van der Waals surface area contributed by atoms with Crippen LogP contribution in [0.2, 0.25) is 0 Å². The second-order valence-electron chi connectivity index (χ2n) is 5.60. The van der Waals surface area contributed by atoms with Crippen LogP contribution < -0.4 is 9.47 Å². The van der Waals surface area contributed by atoms with Crippen molar-refractivity contribution in [3.05, 3.63) is 23.3 Å². The number of rotatable bonds is 12. The highest BCUT2D eigenvalue weighted by atomic mass is 32.2. The van der Waals surface area contributed by atoms with Gasteiger partial charge in [-0.05, 0) is 75.5 Å². The quantitative estimate of drug-likeness (QED) is 0.491. The van der Waals surface area contributed by atoms with Gasteiger partial charge in [0.1, 0.15) is 46.0 Å². The maximum atomic E-state index is 6.00. The molecule has 0 aliphatic rings. The first-order chi connectivity index (χ1) is 11.6. The molecule has 0 aliphatic carbocycles. The van der Waals surface area contributed by atoms with Gasteiger partial charge < -0.3 is 9.47 Å². The third-order valence-electron chi connectivity index (χ3n) is 4.20. The van der Waals surface area contributed by atoms with Crippen molar-refractivity contribution in [2.75, 3.05) is 36.2 Å². The molecule has 0 heterocycles. The Bertz CT molecular complexity index is 425. The van der Waals surface area contributed by atoms with Gasteiger partial charge in [-0.25, -0.2) is 0 Å². The van der Waals surface area contributed by atoms with E-state index in [0.29, 0.717) is 21.8 Å². The van der Waals surface area contributed by atoms with Crippen molar-refractivity contribution < 1.29 is 9.47 Å². The first kappa shape index (κ1) is 21.6. The summed E-state index contributed by atoms with van der Waals surface area (Å²) in [4.78, 5) is 0. The van der Waals surface area contributed by atoms with Crippen LogP contribution in [0.4, 0.5) is 0 Å². The van der Waals surface area contributed by atoms with E-state index in [1.165, 1.54) is 34.1 Å². The Morgan fingerprint density at radius 2 is 0.958 bits per heavy atom. The van der Waals surface area contributed by atoms with E-state index in [2.05, 4.69) is 53.7 Å². The van der Waals surface area contributed by atoms with E-state index in [1.54, 1.807) is 0 Å². The molecule has 0 aliphatic heterocycles. The molecule has 1 aromatic carbocycles. The molecule has 0 saturated carbocycles. The highest BCUT2D eigenvalue weighted by Crippen LogP contribution is 2.32. The fourth-order valence-corrected chi connectivity index (χ4v) is 5.67. The Hall–Kier alpha value is -0.480. The van der Waals surface area contributed by atoms with Gasteiger partial charge in [0.25, 0.3) is 0 Å². The van der Waals surface area contributed by atoms with Gasteiger partial charge in [-0.3, -0.25) is 0 Å². The minimum atomic E-state index is 0.430. The lowest BCUT2D eigenvalue weighted by atomic mass is 10.1. The van der Waals surface area contributed by atoms with E-state index in [4.69, 9.17) is 9.47 Å². The van der Waals surface area contributed by atoms with E-state index in [9.17, 15) is 0 Å². The maximum Gasteiger partial charge on any atom is 0.136 e. The Morgan fingerprint density at radius 1 is 0.625 bits per heavy atom. The Kier molecular flexibility index (Phi) is 10.8. The summed E-state index contributed by atoms with van der Waals surface area (Å²) in [5.41, 5.74) is 2.65. The highest BCUT2D eigenvalue weighted by Gasteiger charge is 2.23. The van der Waals surface area contributed by atoms with Gasteiger partial charge >= 0.3 is 0 Å². The normalized spacial score (nSPS) is 11.3. The number of hydrogen-bond donors (Lipinski definition) is 0. The molecule has 0 saturated heterocycles. The highest BCUT2D eigenvalue weighted by molar-refractivity contribution is 7.96. The van der Waals surface area contributed by atoms with E-state index in [0.717, 1.165) is 36.2 Å². The molecule has 0 aromatic heterocycles. The van der Waals surface area contributed by atoms with E-state index < -0.39 is 0 Å². The van der Waals surface area contributed by atoms with Gasteiger partial charge in [0.05, 0.1) is 13.2 Å². The van der Waals surface area contributed by atoms with Crippen molar-refractivity contribution in [1.29, 1.82) is 0 Å². The smallest absolute Gasteiger partial charge is 0.136 e. The average Bonchev–Trinajstić information content (AvgIpc) is 2.60. The summed E-state index contributed by atoms with van der Waals surface area (Å²) in [6, 6.07) is 4.53. The van der Waals surface area contributed by atoms with Crippen LogP contribution >= 0.6 is 0 Å². The third-order valence-corrected chi connectivity index (χ3v) is 8.90. The minimum Gasteiger partial charge on any atom is -0.493 e. The molecule has 0 radical (unpaired) electrons. The van der Waals surface area contributed by atoms with Gasteiger partial charge in [0.15, 0.2) is 0 Å². The van der Waals surface area contributed by atoms with Crippen LogP contribution in [0.25, 0.3) is 0 Å². The Morgan fingerprint density at radius 3 is 1.21 bits per heavy atom. The molecule has 0 atom stereocenters. The van der Waals surface area contributed by atoms with E-state index in [1.807, 2.05) is 0 Å². The summed E-state index contributed by atoms with van der Waals surface area (Å²) in [5.74, 6) is 9.32. The molecule has 1 aromatic rings. The number of hydrogen-bond acceptors (Lipinski definition) is 2. The van der Waals surface area contributed by atoms with Crippen LogP contribution in [-0.2, 0) is 33.3 Å². The molecular weight excluding hydrogens is 336 g/mol. The van der Waals surface area contributed by atoms with Gasteiger partial charge in [0.2, 0.25) is 0 Å². The molecular formula is C20H36O2S2+2. The topological polar surface area (TPSA) is 18.5 Å². The molecule has 4 heteroatoms. The number of ether oxygens (including phenoxy) is 2. The second-order valence-corrected chi connectivity index (χ2v) is 10.9. The van der Waals surface area contributed by atoms with Gasteiger partial charge in [-0.15, -0.1) is 0 Å². The van der Waals surface area contributed by atoms with Gasteiger partial charge in [-0.2, -0.15) is 0 Å².